The Morgan fingerprint density at radius 3 is 2.61 bits per heavy atom. The Bertz CT molecular complexity index is 535. The summed E-state index contributed by atoms with van der Waals surface area (Å²) in [6, 6.07) is 9.48. The summed E-state index contributed by atoms with van der Waals surface area (Å²) in [5, 5.41) is 21.7. The Morgan fingerprint density at radius 2 is 1.94 bits per heavy atom. The predicted octanol–water partition coefficient (Wildman–Crippen LogP) is 2.82. The molecule has 0 radical (unpaired) electrons. The summed E-state index contributed by atoms with van der Waals surface area (Å²) in [5.41, 5.74) is 0.485. The van der Waals surface area contributed by atoms with Crippen molar-refractivity contribution in [2.75, 3.05) is 0 Å². The third kappa shape index (κ3) is 2.24. The molecule has 0 spiro atoms. The number of nitrogens with zero attached hydrogens (tertiary/aromatic N) is 1. The van der Waals surface area contributed by atoms with Gasteiger partial charge < -0.3 is 10.2 Å². The number of aromatic nitrogens is 1. The van der Waals surface area contributed by atoms with Crippen molar-refractivity contribution in [1.29, 1.82) is 0 Å². The van der Waals surface area contributed by atoms with Crippen molar-refractivity contribution < 1.29 is 10.2 Å². The summed E-state index contributed by atoms with van der Waals surface area (Å²) in [6.45, 7) is 3.76. The van der Waals surface area contributed by atoms with Crippen molar-refractivity contribution in [1.82, 2.24) is 4.98 Å². The number of benzene rings is 1. The largest absolute Gasteiger partial charge is 0.387 e. The standard InChI is InChI=1S/C15H19NO2/c1-3-15(18,4-2)14(17)12-8-7-11-6-5-9-16-13(11)10-12/h5-10,14,17-18H,3-4H2,1-2H3. The minimum Gasteiger partial charge on any atom is -0.387 e. The minimum atomic E-state index is -1.07. The number of fused-ring (bicyclic) bond motifs is 1. The molecule has 0 saturated heterocycles. The molecule has 96 valence electrons. The molecule has 0 aliphatic rings. The van der Waals surface area contributed by atoms with Gasteiger partial charge in [0, 0.05) is 11.6 Å². The van der Waals surface area contributed by atoms with Crippen LogP contribution < -0.4 is 0 Å². The summed E-state index contributed by atoms with van der Waals surface area (Å²) in [5.74, 6) is 0. The van der Waals surface area contributed by atoms with Crippen molar-refractivity contribution >= 4 is 10.9 Å². The maximum Gasteiger partial charge on any atom is 0.108 e. The Labute approximate surface area is 107 Å². The molecular formula is C15H19NO2. The summed E-state index contributed by atoms with van der Waals surface area (Å²) >= 11 is 0. The molecule has 0 bridgehead atoms. The first-order chi connectivity index (χ1) is 8.60. The summed E-state index contributed by atoms with van der Waals surface area (Å²) in [6.07, 6.45) is 1.89. The molecule has 0 amide bonds. The topological polar surface area (TPSA) is 53.4 Å². The predicted molar refractivity (Wildman–Crippen MR) is 72.2 cm³/mol. The zero-order chi connectivity index (χ0) is 13.2. The molecule has 2 aromatic rings. The van der Waals surface area contributed by atoms with E-state index in [-0.39, 0.29) is 0 Å². The molecule has 18 heavy (non-hydrogen) atoms. The second-order valence-corrected chi connectivity index (χ2v) is 4.67. The first kappa shape index (κ1) is 13.0. The highest BCUT2D eigenvalue weighted by atomic mass is 16.3. The molecule has 1 unspecified atom stereocenters. The van der Waals surface area contributed by atoms with Gasteiger partial charge in [0.1, 0.15) is 6.10 Å². The van der Waals surface area contributed by atoms with Crippen LogP contribution in [0.5, 0.6) is 0 Å². The van der Waals surface area contributed by atoms with Crippen molar-refractivity contribution in [3.8, 4) is 0 Å². The first-order valence-corrected chi connectivity index (χ1v) is 6.36. The Hall–Kier alpha value is -1.45. The van der Waals surface area contributed by atoms with E-state index in [2.05, 4.69) is 4.98 Å². The molecule has 0 aliphatic carbocycles. The van der Waals surface area contributed by atoms with Gasteiger partial charge in [0.2, 0.25) is 0 Å². The summed E-state index contributed by atoms with van der Waals surface area (Å²) in [7, 11) is 0. The van der Waals surface area contributed by atoms with Crippen LogP contribution in [0, 0.1) is 0 Å². The molecule has 1 atom stereocenters. The van der Waals surface area contributed by atoms with Crippen LogP contribution >= 0.6 is 0 Å². The lowest BCUT2D eigenvalue weighted by Gasteiger charge is -2.31. The van der Waals surface area contributed by atoms with E-state index in [1.54, 1.807) is 6.20 Å². The number of hydrogen-bond donors (Lipinski definition) is 2. The van der Waals surface area contributed by atoms with Gasteiger partial charge in [-0.3, -0.25) is 4.98 Å². The van der Waals surface area contributed by atoms with Crippen LogP contribution in [-0.2, 0) is 0 Å². The van der Waals surface area contributed by atoms with Gasteiger partial charge in [0.15, 0.2) is 0 Å². The summed E-state index contributed by atoms with van der Waals surface area (Å²) < 4.78 is 0. The number of pyridine rings is 1. The van der Waals surface area contributed by atoms with E-state index in [1.807, 2.05) is 44.2 Å². The summed E-state index contributed by atoms with van der Waals surface area (Å²) in [4.78, 5) is 4.27. The maximum absolute atomic E-state index is 10.4. The molecule has 1 heterocycles. The van der Waals surface area contributed by atoms with E-state index < -0.39 is 11.7 Å². The number of aliphatic hydroxyl groups excluding tert-OH is 1. The monoisotopic (exact) mass is 245 g/mol. The van der Waals surface area contributed by atoms with Crippen LogP contribution in [0.2, 0.25) is 0 Å². The van der Waals surface area contributed by atoms with Gasteiger partial charge in [-0.25, -0.2) is 0 Å². The fraction of sp³-hybridized carbons (Fsp3) is 0.400. The van der Waals surface area contributed by atoms with Gasteiger partial charge in [-0.2, -0.15) is 0 Å². The van der Waals surface area contributed by atoms with E-state index in [0.29, 0.717) is 18.4 Å². The average Bonchev–Trinajstić information content (AvgIpc) is 2.45. The number of rotatable bonds is 4. The lowest BCUT2D eigenvalue weighted by Crippen LogP contribution is -2.34. The van der Waals surface area contributed by atoms with E-state index >= 15 is 0 Å². The van der Waals surface area contributed by atoms with Gasteiger partial charge in [-0.1, -0.05) is 32.0 Å². The van der Waals surface area contributed by atoms with Crippen LogP contribution in [-0.4, -0.2) is 20.8 Å². The van der Waals surface area contributed by atoms with Crippen LogP contribution in [0.15, 0.2) is 36.5 Å². The van der Waals surface area contributed by atoms with Crippen LogP contribution in [0.4, 0.5) is 0 Å². The van der Waals surface area contributed by atoms with Crippen LogP contribution in [0.3, 0.4) is 0 Å². The molecule has 2 N–H and O–H groups in total. The van der Waals surface area contributed by atoms with Crippen molar-refractivity contribution in [3.05, 3.63) is 42.1 Å². The smallest absolute Gasteiger partial charge is 0.108 e. The maximum atomic E-state index is 10.4. The second-order valence-electron chi connectivity index (χ2n) is 4.67. The molecule has 1 aromatic carbocycles. The van der Waals surface area contributed by atoms with Crippen molar-refractivity contribution in [3.63, 3.8) is 0 Å². The highest BCUT2D eigenvalue weighted by Gasteiger charge is 2.33. The van der Waals surface area contributed by atoms with Gasteiger partial charge in [-0.05, 0) is 30.5 Å². The quantitative estimate of drug-likeness (QED) is 0.871. The zero-order valence-corrected chi connectivity index (χ0v) is 10.8. The average molecular weight is 245 g/mol. The molecule has 1 aromatic heterocycles. The van der Waals surface area contributed by atoms with E-state index in [1.165, 1.54) is 0 Å². The fourth-order valence-electron chi connectivity index (χ4n) is 2.20. The fourth-order valence-corrected chi connectivity index (χ4v) is 2.20. The Balaban J connectivity index is 2.42. The molecule has 0 fully saturated rings. The van der Waals surface area contributed by atoms with E-state index in [4.69, 9.17) is 0 Å². The highest BCUT2D eigenvalue weighted by molar-refractivity contribution is 5.78. The minimum absolute atomic E-state index is 0.519. The van der Waals surface area contributed by atoms with E-state index in [0.717, 1.165) is 10.9 Å². The highest BCUT2D eigenvalue weighted by Crippen LogP contribution is 2.32. The third-order valence-electron chi connectivity index (χ3n) is 3.68. The molecule has 2 rings (SSSR count). The van der Waals surface area contributed by atoms with Gasteiger partial charge >= 0.3 is 0 Å². The third-order valence-corrected chi connectivity index (χ3v) is 3.68. The molecular weight excluding hydrogens is 226 g/mol. The van der Waals surface area contributed by atoms with Crippen molar-refractivity contribution in [2.45, 2.75) is 38.4 Å². The lowest BCUT2D eigenvalue weighted by atomic mass is 9.86. The lowest BCUT2D eigenvalue weighted by molar-refractivity contribution is -0.0820. The van der Waals surface area contributed by atoms with Crippen LogP contribution in [0.25, 0.3) is 10.9 Å². The van der Waals surface area contributed by atoms with Gasteiger partial charge in [0.05, 0.1) is 11.1 Å². The van der Waals surface area contributed by atoms with Gasteiger partial charge in [-0.15, -0.1) is 0 Å². The normalized spacial score (nSPS) is 13.8. The molecule has 3 nitrogen and oxygen atoms in total. The van der Waals surface area contributed by atoms with Crippen LogP contribution in [0.1, 0.15) is 38.4 Å². The molecule has 0 aliphatic heterocycles. The van der Waals surface area contributed by atoms with Crippen molar-refractivity contribution in [2.24, 2.45) is 0 Å². The second kappa shape index (κ2) is 5.04. The molecule has 3 heteroatoms. The Morgan fingerprint density at radius 1 is 1.22 bits per heavy atom. The Kier molecular flexibility index (Phi) is 3.64. The SMILES string of the molecule is CCC(O)(CC)C(O)c1ccc2cccnc2c1. The molecule has 0 saturated carbocycles. The number of hydrogen-bond acceptors (Lipinski definition) is 3. The zero-order valence-electron chi connectivity index (χ0n) is 10.8. The van der Waals surface area contributed by atoms with Gasteiger partial charge in [0.25, 0.3) is 0 Å². The number of aliphatic hydroxyl groups is 2. The first-order valence-electron chi connectivity index (χ1n) is 6.36. The van der Waals surface area contributed by atoms with E-state index in [9.17, 15) is 10.2 Å².